The van der Waals surface area contributed by atoms with Crippen molar-refractivity contribution < 1.29 is 9.18 Å². The first-order valence-corrected chi connectivity index (χ1v) is 11.4. The summed E-state index contributed by atoms with van der Waals surface area (Å²) in [7, 11) is 0. The molecule has 0 aliphatic heterocycles. The van der Waals surface area contributed by atoms with Crippen molar-refractivity contribution in [3.63, 3.8) is 0 Å². The zero-order valence-electron chi connectivity index (χ0n) is 17.4. The number of carbonyl (C=O) groups excluding carboxylic acids is 1. The van der Waals surface area contributed by atoms with Crippen LogP contribution in [0, 0.1) is 5.82 Å². The van der Waals surface area contributed by atoms with Gasteiger partial charge >= 0.3 is 0 Å². The van der Waals surface area contributed by atoms with E-state index in [9.17, 15) is 9.18 Å². The molecule has 1 aromatic heterocycles. The van der Waals surface area contributed by atoms with E-state index in [1.165, 1.54) is 11.6 Å². The van der Waals surface area contributed by atoms with Gasteiger partial charge in [0.2, 0.25) is 5.91 Å². The van der Waals surface area contributed by atoms with Crippen molar-refractivity contribution in [3.05, 3.63) is 102 Å². The van der Waals surface area contributed by atoms with Gasteiger partial charge in [-0.2, -0.15) is 0 Å². The molecule has 4 rings (SSSR count). The zero-order valence-corrected chi connectivity index (χ0v) is 18.3. The molecule has 0 unspecified atom stereocenters. The molecule has 0 spiro atoms. The van der Waals surface area contributed by atoms with E-state index in [2.05, 4.69) is 32.2 Å². The van der Waals surface area contributed by atoms with Crippen LogP contribution in [0.3, 0.4) is 0 Å². The molecule has 0 bridgehead atoms. The van der Waals surface area contributed by atoms with Crippen LogP contribution < -0.4 is 5.32 Å². The lowest BCUT2D eigenvalue weighted by Crippen LogP contribution is -2.12. The van der Waals surface area contributed by atoms with Gasteiger partial charge in [0.15, 0.2) is 5.16 Å². The summed E-state index contributed by atoms with van der Waals surface area (Å²) in [5.74, 6) is 0.922. The van der Waals surface area contributed by atoms with E-state index in [-0.39, 0.29) is 11.6 Å². The minimum atomic E-state index is -0.433. The molecule has 4 aromatic rings. The molecule has 7 heteroatoms. The van der Waals surface area contributed by atoms with Gasteiger partial charge in [0, 0.05) is 24.3 Å². The van der Waals surface area contributed by atoms with Crippen LogP contribution in [0.2, 0.25) is 0 Å². The zero-order chi connectivity index (χ0) is 22.2. The van der Waals surface area contributed by atoms with E-state index in [0.717, 1.165) is 16.7 Å². The predicted octanol–water partition coefficient (Wildman–Crippen LogP) is 5.51. The van der Waals surface area contributed by atoms with Crippen molar-refractivity contribution >= 4 is 23.4 Å². The van der Waals surface area contributed by atoms with Crippen LogP contribution in [0.1, 0.15) is 24.2 Å². The monoisotopic (exact) mass is 446 g/mol. The first-order valence-electron chi connectivity index (χ1n) is 10.4. The van der Waals surface area contributed by atoms with E-state index >= 15 is 0 Å². The quantitative estimate of drug-likeness (QED) is 0.272. The van der Waals surface area contributed by atoms with Crippen molar-refractivity contribution in [2.24, 2.45) is 0 Å². The van der Waals surface area contributed by atoms with Crippen molar-refractivity contribution in [1.29, 1.82) is 0 Å². The van der Waals surface area contributed by atoms with E-state index in [4.69, 9.17) is 0 Å². The van der Waals surface area contributed by atoms with Crippen molar-refractivity contribution in [2.75, 3.05) is 11.1 Å². The maximum atomic E-state index is 13.7. The van der Waals surface area contributed by atoms with Gasteiger partial charge in [-0.25, -0.2) is 4.39 Å². The Hall–Kier alpha value is -3.45. The Kier molecular flexibility index (Phi) is 7.30. The Labute approximate surface area is 190 Å². The topological polar surface area (TPSA) is 59.8 Å². The summed E-state index contributed by atoms with van der Waals surface area (Å²) >= 11 is 1.56. The number of hydrogen-bond donors (Lipinski definition) is 1. The average molecular weight is 447 g/mol. The molecule has 0 radical (unpaired) electrons. The number of nitrogens with one attached hydrogen (secondary N) is 1. The maximum absolute atomic E-state index is 13.7. The van der Waals surface area contributed by atoms with Gasteiger partial charge in [0.05, 0.1) is 5.69 Å². The standard InChI is InChI=1S/C25H23FN4OS/c26-21-14-7-8-15-22(21)27-24(31)16-9-17-32-25-29-28-23(18-19-10-3-1-4-11-19)30(25)20-12-5-2-6-13-20/h1-8,10-15H,9,16-18H2,(H,27,31). The molecular formula is C25H23FN4OS. The number of anilines is 1. The summed E-state index contributed by atoms with van der Waals surface area (Å²) in [6.07, 6.45) is 1.62. The molecular weight excluding hydrogens is 423 g/mol. The van der Waals surface area contributed by atoms with E-state index in [1.54, 1.807) is 30.0 Å². The van der Waals surface area contributed by atoms with Crippen LogP contribution in [0.4, 0.5) is 10.1 Å². The Balaban J connectivity index is 1.40. The van der Waals surface area contributed by atoms with Crippen molar-refractivity contribution in [3.8, 4) is 5.69 Å². The molecule has 1 N–H and O–H groups in total. The number of thioether (sulfide) groups is 1. The number of aromatic nitrogens is 3. The second-order valence-electron chi connectivity index (χ2n) is 7.21. The van der Waals surface area contributed by atoms with Crippen LogP contribution in [0.5, 0.6) is 0 Å². The van der Waals surface area contributed by atoms with Crippen LogP contribution in [0.25, 0.3) is 5.69 Å². The fraction of sp³-hybridized carbons (Fsp3) is 0.160. The molecule has 0 aliphatic carbocycles. The molecule has 0 atom stereocenters. The van der Waals surface area contributed by atoms with Crippen LogP contribution in [-0.2, 0) is 11.2 Å². The van der Waals surface area contributed by atoms with Gasteiger partial charge in [-0.05, 0) is 36.2 Å². The minimum absolute atomic E-state index is 0.204. The van der Waals surface area contributed by atoms with Gasteiger partial charge in [-0.1, -0.05) is 72.4 Å². The molecule has 0 fully saturated rings. The summed E-state index contributed by atoms with van der Waals surface area (Å²) < 4.78 is 15.8. The van der Waals surface area contributed by atoms with E-state index in [0.29, 0.717) is 25.0 Å². The summed E-state index contributed by atoms with van der Waals surface area (Å²) in [5, 5.41) is 12.3. The highest BCUT2D eigenvalue weighted by Crippen LogP contribution is 2.24. The summed E-state index contributed by atoms with van der Waals surface area (Å²) in [4.78, 5) is 12.2. The molecule has 1 heterocycles. The third-order valence-electron chi connectivity index (χ3n) is 4.85. The number of hydrogen-bond acceptors (Lipinski definition) is 4. The first kappa shape index (κ1) is 21.8. The average Bonchev–Trinajstić information content (AvgIpc) is 3.22. The lowest BCUT2D eigenvalue weighted by Gasteiger charge is -2.10. The highest BCUT2D eigenvalue weighted by atomic mass is 32.2. The Morgan fingerprint density at radius 2 is 1.59 bits per heavy atom. The van der Waals surface area contributed by atoms with Gasteiger partial charge < -0.3 is 5.32 Å². The Morgan fingerprint density at radius 1 is 0.906 bits per heavy atom. The summed E-state index contributed by atoms with van der Waals surface area (Å²) in [6.45, 7) is 0. The number of amides is 1. The minimum Gasteiger partial charge on any atom is -0.324 e. The Morgan fingerprint density at radius 3 is 2.34 bits per heavy atom. The smallest absolute Gasteiger partial charge is 0.224 e. The predicted molar refractivity (Wildman–Crippen MR) is 126 cm³/mol. The molecule has 32 heavy (non-hydrogen) atoms. The normalized spacial score (nSPS) is 10.8. The van der Waals surface area contributed by atoms with E-state index < -0.39 is 5.82 Å². The number of carbonyl (C=O) groups is 1. The Bertz CT molecular complexity index is 1170. The fourth-order valence-electron chi connectivity index (χ4n) is 3.29. The maximum Gasteiger partial charge on any atom is 0.224 e. The lowest BCUT2D eigenvalue weighted by molar-refractivity contribution is -0.116. The largest absolute Gasteiger partial charge is 0.324 e. The number of para-hydroxylation sites is 2. The van der Waals surface area contributed by atoms with Crippen LogP contribution in [0.15, 0.2) is 90.1 Å². The van der Waals surface area contributed by atoms with E-state index in [1.807, 2.05) is 48.5 Å². The van der Waals surface area contributed by atoms with Gasteiger partial charge in [0.25, 0.3) is 0 Å². The molecule has 162 valence electrons. The molecule has 0 saturated carbocycles. The SMILES string of the molecule is O=C(CCCSc1nnc(Cc2ccccc2)n1-c1ccccc1)Nc1ccccc1F. The second-order valence-corrected chi connectivity index (χ2v) is 8.27. The summed E-state index contributed by atoms with van der Waals surface area (Å²) in [6, 6.07) is 26.4. The number of rotatable bonds is 9. The molecule has 0 saturated heterocycles. The van der Waals surface area contributed by atoms with Gasteiger partial charge in [-0.3, -0.25) is 9.36 Å². The van der Waals surface area contributed by atoms with Crippen molar-refractivity contribution in [1.82, 2.24) is 14.8 Å². The molecule has 0 aliphatic rings. The fourth-order valence-corrected chi connectivity index (χ4v) is 4.20. The highest BCUT2D eigenvalue weighted by Gasteiger charge is 2.15. The second kappa shape index (κ2) is 10.7. The van der Waals surface area contributed by atoms with Gasteiger partial charge in [-0.15, -0.1) is 10.2 Å². The number of benzene rings is 3. The van der Waals surface area contributed by atoms with Crippen LogP contribution >= 0.6 is 11.8 Å². The number of halogens is 1. The molecule has 5 nitrogen and oxygen atoms in total. The van der Waals surface area contributed by atoms with Crippen molar-refractivity contribution in [2.45, 2.75) is 24.4 Å². The third kappa shape index (κ3) is 5.62. The third-order valence-corrected chi connectivity index (χ3v) is 5.86. The summed E-state index contributed by atoms with van der Waals surface area (Å²) in [5.41, 5.74) is 2.38. The molecule has 1 amide bonds. The highest BCUT2D eigenvalue weighted by molar-refractivity contribution is 7.99. The van der Waals surface area contributed by atoms with Crippen LogP contribution in [-0.4, -0.2) is 26.4 Å². The first-order chi connectivity index (χ1) is 15.7. The molecule has 3 aromatic carbocycles. The number of nitrogens with zero attached hydrogens (tertiary/aromatic N) is 3. The van der Waals surface area contributed by atoms with Gasteiger partial charge in [0.1, 0.15) is 11.6 Å². The lowest BCUT2D eigenvalue weighted by atomic mass is 10.1.